The lowest BCUT2D eigenvalue weighted by molar-refractivity contribution is -0.137. The molecule has 0 bridgehead atoms. The van der Waals surface area contributed by atoms with Gasteiger partial charge in [0.1, 0.15) is 17.3 Å². The molecule has 5 heteroatoms. The van der Waals surface area contributed by atoms with Crippen molar-refractivity contribution < 1.29 is 13.9 Å². The summed E-state index contributed by atoms with van der Waals surface area (Å²) in [5, 5.41) is 0. The second-order valence-electron chi connectivity index (χ2n) is 6.39. The van der Waals surface area contributed by atoms with Gasteiger partial charge in [-0.3, -0.25) is 4.79 Å². The van der Waals surface area contributed by atoms with E-state index in [2.05, 4.69) is 15.9 Å². The quantitative estimate of drug-likeness (QED) is 0.626. The number of para-hydroxylation sites is 1. The van der Waals surface area contributed by atoms with Crippen LogP contribution in [-0.2, 0) is 17.8 Å². The molecule has 0 spiro atoms. The number of furan rings is 1. The van der Waals surface area contributed by atoms with Gasteiger partial charge in [-0.25, -0.2) is 0 Å². The molecular weight excluding hydrogens is 394 g/mol. The smallest absolute Gasteiger partial charge is 0.264 e. The van der Waals surface area contributed by atoms with Crippen LogP contribution in [0.25, 0.3) is 11.3 Å². The predicted molar refractivity (Wildman–Crippen MR) is 103 cm³/mol. The van der Waals surface area contributed by atoms with Gasteiger partial charge < -0.3 is 14.1 Å². The van der Waals surface area contributed by atoms with Crippen LogP contribution in [0.3, 0.4) is 0 Å². The molecule has 2 heterocycles. The Kier molecular flexibility index (Phi) is 4.55. The molecule has 2 aromatic carbocycles. The molecule has 0 radical (unpaired) electrons. The maximum atomic E-state index is 12.7. The highest BCUT2D eigenvalue weighted by atomic mass is 79.9. The first-order valence-electron chi connectivity index (χ1n) is 8.44. The van der Waals surface area contributed by atoms with Crippen LogP contribution in [0.5, 0.6) is 5.75 Å². The Morgan fingerprint density at radius 3 is 2.65 bits per heavy atom. The molecule has 0 N–H and O–H groups in total. The van der Waals surface area contributed by atoms with Crippen LogP contribution in [0.4, 0.5) is 0 Å². The highest BCUT2D eigenvalue weighted by molar-refractivity contribution is 9.10. The summed E-state index contributed by atoms with van der Waals surface area (Å²) in [5.41, 5.74) is 2.08. The summed E-state index contributed by atoms with van der Waals surface area (Å²) in [6, 6.07) is 19.6. The average Bonchev–Trinajstić information content (AvgIpc) is 3.28. The first kappa shape index (κ1) is 16.9. The number of fused-ring (bicyclic) bond motifs is 1. The summed E-state index contributed by atoms with van der Waals surface area (Å²) in [5.74, 6) is 2.30. The standard InChI is InChI=1S/C21H18BrNO3/c1-23(21(24)20-12-15-4-2-3-5-18(15)26-20)13-17-10-11-19(25-17)14-6-8-16(22)9-7-14/h2-11,20H,12-13H2,1H3/t20-/m1/s1. The molecule has 1 aliphatic rings. The summed E-state index contributed by atoms with van der Waals surface area (Å²) in [4.78, 5) is 14.3. The van der Waals surface area contributed by atoms with Crippen molar-refractivity contribution in [2.45, 2.75) is 19.1 Å². The summed E-state index contributed by atoms with van der Waals surface area (Å²) in [6.07, 6.45) is 0.153. The van der Waals surface area contributed by atoms with Crippen LogP contribution >= 0.6 is 15.9 Å². The maximum absolute atomic E-state index is 12.7. The molecule has 0 saturated carbocycles. The van der Waals surface area contributed by atoms with Crippen LogP contribution in [0.15, 0.2) is 69.6 Å². The van der Waals surface area contributed by atoms with Crippen molar-refractivity contribution in [3.05, 3.63) is 76.5 Å². The number of hydrogen-bond donors (Lipinski definition) is 0. The molecule has 0 fully saturated rings. The molecule has 1 atom stereocenters. The van der Waals surface area contributed by atoms with Gasteiger partial charge in [0, 0.05) is 23.5 Å². The van der Waals surface area contributed by atoms with Crippen molar-refractivity contribution in [3.63, 3.8) is 0 Å². The number of likely N-dealkylation sites (N-methyl/N-ethyl adjacent to an activating group) is 1. The Bertz CT molecular complexity index is 907. The van der Waals surface area contributed by atoms with E-state index in [4.69, 9.17) is 9.15 Å². The number of hydrogen-bond acceptors (Lipinski definition) is 3. The van der Waals surface area contributed by atoms with Crippen LogP contribution < -0.4 is 4.74 Å². The minimum Gasteiger partial charge on any atom is -0.480 e. The van der Waals surface area contributed by atoms with Crippen molar-refractivity contribution in [1.29, 1.82) is 0 Å². The molecule has 0 aliphatic carbocycles. The van der Waals surface area contributed by atoms with Gasteiger partial charge in [0.25, 0.3) is 5.91 Å². The fraction of sp³-hybridized carbons (Fsp3) is 0.190. The highest BCUT2D eigenvalue weighted by Gasteiger charge is 2.31. The van der Waals surface area contributed by atoms with E-state index in [0.29, 0.717) is 13.0 Å². The average molecular weight is 412 g/mol. The molecule has 4 nitrogen and oxygen atoms in total. The third-order valence-corrected chi connectivity index (χ3v) is 5.01. The van der Waals surface area contributed by atoms with Gasteiger partial charge in [-0.2, -0.15) is 0 Å². The zero-order valence-corrected chi connectivity index (χ0v) is 15.9. The van der Waals surface area contributed by atoms with Crippen molar-refractivity contribution in [1.82, 2.24) is 4.90 Å². The largest absolute Gasteiger partial charge is 0.480 e. The minimum atomic E-state index is -0.460. The third-order valence-electron chi connectivity index (χ3n) is 4.48. The summed E-state index contributed by atoms with van der Waals surface area (Å²) in [7, 11) is 1.77. The maximum Gasteiger partial charge on any atom is 0.264 e. The Hall–Kier alpha value is -2.53. The number of nitrogens with zero attached hydrogens (tertiary/aromatic N) is 1. The van der Waals surface area contributed by atoms with E-state index in [-0.39, 0.29) is 5.91 Å². The van der Waals surface area contributed by atoms with Gasteiger partial charge in [-0.15, -0.1) is 0 Å². The second kappa shape index (κ2) is 7.00. The zero-order chi connectivity index (χ0) is 18.1. The van der Waals surface area contributed by atoms with Crippen molar-refractivity contribution in [2.24, 2.45) is 0 Å². The van der Waals surface area contributed by atoms with Crippen LogP contribution in [0.1, 0.15) is 11.3 Å². The van der Waals surface area contributed by atoms with Crippen molar-refractivity contribution >= 4 is 21.8 Å². The number of carbonyl (C=O) groups excluding carboxylic acids is 1. The normalized spacial score (nSPS) is 15.4. The van der Waals surface area contributed by atoms with Gasteiger partial charge in [0.15, 0.2) is 6.10 Å². The summed E-state index contributed by atoms with van der Waals surface area (Å²) in [6.45, 7) is 0.408. The van der Waals surface area contributed by atoms with Gasteiger partial charge in [-0.1, -0.05) is 46.3 Å². The SMILES string of the molecule is CN(Cc1ccc(-c2ccc(Br)cc2)o1)C(=O)[C@H]1Cc2ccccc2O1. The molecule has 26 heavy (non-hydrogen) atoms. The Morgan fingerprint density at radius 2 is 1.88 bits per heavy atom. The van der Waals surface area contributed by atoms with Crippen molar-refractivity contribution in [3.8, 4) is 17.1 Å². The zero-order valence-electron chi connectivity index (χ0n) is 14.3. The molecule has 0 saturated heterocycles. The minimum absolute atomic E-state index is 0.0391. The number of amides is 1. The molecular formula is C21H18BrNO3. The van der Waals surface area contributed by atoms with Crippen molar-refractivity contribution in [2.75, 3.05) is 7.05 Å². The Balaban J connectivity index is 1.41. The predicted octanol–water partition coefficient (Wildman–Crippen LogP) is 4.67. The molecule has 4 rings (SSSR count). The monoisotopic (exact) mass is 411 g/mol. The van der Waals surface area contributed by atoms with E-state index >= 15 is 0 Å². The molecule has 1 aromatic heterocycles. The molecule has 1 aliphatic heterocycles. The third kappa shape index (κ3) is 3.40. The van der Waals surface area contributed by atoms with Crippen LogP contribution in [-0.4, -0.2) is 24.0 Å². The number of benzene rings is 2. The van der Waals surface area contributed by atoms with E-state index in [9.17, 15) is 4.79 Å². The van der Waals surface area contributed by atoms with E-state index in [1.807, 2.05) is 60.7 Å². The number of halogens is 1. The molecule has 0 unspecified atom stereocenters. The lowest BCUT2D eigenvalue weighted by atomic mass is 10.1. The van der Waals surface area contributed by atoms with Gasteiger partial charge in [0.05, 0.1) is 6.54 Å². The Morgan fingerprint density at radius 1 is 1.12 bits per heavy atom. The fourth-order valence-electron chi connectivity index (χ4n) is 3.11. The van der Waals surface area contributed by atoms with E-state index in [1.54, 1.807) is 11.9 Å². The summed E-state index contributed by atoms with van der Waals surface area (Å²) < 4.78 is 12.7. The first-order chi connectivity index (χ1) is 12.6. The molecule has 3 aromatic rings. The van der Waals surface area contributed by atoms with E-state index < -0.39 is 6.10 Å². The first-order valence-corrected chi connectivity index (χ1v) is 9.23. The van der Waals surface area contributed by atoms with E-state index in [0.717, 1.165) is 32.9 Å². The van der Waals surface area contributed by atoms with E-state index in [1.165, 1.54) is 0 Å². The second-order valence-corrected chi connectivity index (χ2v) is 7.30. The van der Waals surface area contributed by atoms with Gasteiger partial charge in [0.2, 0.25) is 0 Å². The lowest BCUT2D eigenvalue weighted by Gasteiger charge is -2.19. The Labute approximate surface area is 160 Å². The van der Waals surface area contributed by atoms with Gasteiger partial charge in [-0.05, 0) is 35.9 Å². The number of carbonyl (C=O) groups is 1. The molecule has 132 valence electrons. The van der Waals surface area contributed by atoms with Gasteiger partial charge >= 0.3 is 0 Å². The number of ether oxygens (including phenoxy) is 1. The highest BCUT2D eigenvalue weighted by Crippen LogP contribution is 2.29. The number of rotatable bonds is 4. The van der Waals surface area contributed by atoms with Crippen LogP contribution in [0, 0.1) is 0 Å². The fourth-order valence-corrected chi connectivity index (χ4v) is 3.37. The topological polar surface area (TPSA) is 42.7 Å². The van der Waals surface area contributed by atoms with Crippen LogP contribution in [0.2, 0.25) is 0 Å². The summed E-state index contributed by atoms with van der Waals surface area (Å²) >= 11 is 3.43. The molecule has 1 amide bonds. The lowest BCUT2D eigenvalue weighted by Crippen LogP contribution is -2.38.